The highest BCUT2D eigenvalue weighted by molar-refractivity contribution is 7.99. The molecular formula is C24H37NO4S. The number of rotatable bonds is 14. The molecule has 0 spiro atoms. The number of hydrogen-bond donors (Lipinski definition) is 2. The molecule has 0 saturated carbocycles. The lowest BCUT2D eigenvalue weighted by atomic mass is 9.78. The van der Waals surface area contributed by atoms with Crippen LogP contribution in [-0.2, 0) is 20.9 Å². The molecule has 6 heteroatoms. The Morgan fingerprint density at radius 3 is 2.73 bits per heavy atom. The fraction of sp³-hybridized carbons (Fsp3) is 0.708. The molecule has 0 aromatic heterocycles. The number of thioether (sulfide) groups is 1. The molecule has 168 valence electrons. The van der Waals surface area contributed by atoms with Crippen molar-refractivity contribution in [3.05, 3.63) is 35.9 Å². The van der Waals surface area contributed by atoms with Crippen LogP contribution in [-0.4, -0.2) is 40.9 Å². The molecule has 30 heavy (non-hydrogen) atoms. The van der Waals surface area contributed by atoms with Crippen LogP contribution in [0.2, 0.25) is 0 Å². The zero-order valence-corrected chi connectivity index (χ0v) is 18.9. The van der Waals surface area contributed by atoms with Gasteiger partial charge in [0.15, 0.2) is 0 Å². The van der Waals surface area contributed by atoms with Gasteiger partial charge in [0.25, 0.3) is 0 Å². The number of unbranched alkanes of at least 4 members (excludes halogenated alkanes) is 1. The molecular weight excluding hydrogens is 398 g/mol. The highest BCUT2D eigenvalue weighted by Crippen LogP contribution is 2.47. The summed E-state index contributed by atoms with van der Waals surface area (Å²) in [5.74, 6) is 2.23. The van der Waals surface area contributed by atoms with Crippen LogP contribution in [0, 0.1) is 11.8 Å². The second-order valence-electron chi connectivity index (χ2n) is 8.72. The van der Waals surface area contributed by atoms with E-state index in [1.165, 1.54) is 31.2 Å². The van der Waals surface area contributed by atoms with E-state index < -0.39 is 0 Å². The Bertz CT molecular complexity index is 629. The lowest BCUT2D eigenvalue weighted by Crippen LogP contribution is -2.29. The SMILES string of the molecule is CC(CCCC(=O)NO)SCC1C2CCC(O2)C1CCCCOCc1ccccc1. The van der Waals surface area contributed by atoms with Gasteiger partial charge in [0.2, 0.25) is 5.91 Å². The molecule has 1 aromatic rings. The van der Waals surface area contributed by atoms with Crippen molar-refractivity contribution in [3.63, 3.8) is 0 Å². The molecule has 2 saturated heterocycles. The third-order valence-electron chi connectivity index (χ3n) is 6.49. The summed E-state index contributed by atoms with van der Waals surface area (Å²) in [5.41, 5.74) is 2.95. The van der Waals surface area contributed by atoms with E-state index in [2.05, 4.69) is 31.2 Å². The van der Waals surface area contributed by atoms with E-state index in [9.17, 15) is 4.79 Å². The first kappa shape index (κ1) is 23.6. The molecule has 2 N–H and O–H groups in total. The Labute approximate surface area is 185 Å². The van der Waals surface area contributed by atoms with Gasteiger partial charge in [-0.2, -0.15) is 11.8 Å². The van der Waals surface area contributed by atoms with Gasteiger partial charge in [-0.15, -0.1) is 0 Å². The highest BCUT2D eigenvalue weighted by Gasteiger charge is 2.48. The fourth-order valence-corrected chi connectivity index (χ4v) is 6.16. The Balaban J connectivity index is 1.31. The van der Waals surface area contributed by atoms with E-state index in [4.69, 9.17) is 14.7 Å². The van der Waals surface area contributed by atoms with Crippen LogP contribution in [0.25, 0.3) is 0 Å². The molecule has 2 aliphatic heterocycles. The van der Waals surface area contributed by atoms with Crippen molar-refractivity contribution in [2.75, 3.05) is 12.4 Å². The minimum Gasteiger partial charge on any atom is -0.377 e. The summed E-state index contributed by atoms with van der Waals surface area (Å²) in [6, 6.07) is 10.4. The van der Waals surface area contributed by atoms with Gasteiger partial charge in [0.1, 0.15) is 0 Å². The normalized spacial score (nSPS) is 26.1. The summed E-state index contributed by atoms with van der Waals surface area (Å²) in [5, 5.41) is 9.11. The number of amides is 1. The maximum Gasteiger partial charge on any atom is 0.243 e. The monoisotopic (exact) mass is 435 g/mol. The van der Waals surface area contributed by atoms with E-state index in [1.54, 1.807) is 5.48 Å². The Morgan fingerprint density at radius 1 is 1.20 bits per heavy atom. The maximum atomic E-state index is 11.1. The smallest absolute Gasteiger partial charge is 0.243 e. The molecule has 1 amide bonds. The van der Waals surface area contributed by atoms with Crippen molar-refractivity contribution in [1.82, 2.24) is 5.48 Å². The quantitative estimate of drug-likeness (QED) is 0.245. The third-order valence-corrected chi connectivity index (χ3v) is 7.87. The molecule has 5 unspecified atom stereocenters. The van der Waals surface area contributed by atoms with E-state index in [1.807, 2.05) is 17.8 Å². The molecule has 0 aliphatic carbocycles. The number of ether oxygens (including phenoxy) is 2. The molecule has 2 fully saturated rings. The molecule has 2 bridgehead atoms. The highest BCUT2D eigenvalue weighted by atomic mass is 32.2. The zero-order chi connectivity index (χ0) is 21.2. The molecule has 5 atom stereocenters. The van der Waals surface area contributed by atoms with Gasteiger partial charge in [-0.1, -0.05) is 43.7 Å². The van der Waals surface area contributed by atoms with Crippen LogP contribution < -0.4 is 5.48 Å². The second-order valence-corrected chi connectivity index (χ2v) is 10.2. The zero-order valence-electron chi connectivity index (χ0n) is 18.1. The van der Waals surface area contributed by atoms with Crippen molar-refractivity contribution >= 4 is 17.7 Å². The van der Waals surface area contributed by atoms with Gasteiger partial charge < -0.3 is 9.47 Å². The Kier molecular flexibility index (Phi) is 9.98. The van der Waals surface area contributed by atoms with Crippen molar-refractivity contribution in [2.45, 2.75) is 82.4 Å². The van der Waals surface area contributed by atoms with Crippen LogP contribution in [0.3, 0.4) is 0 Å². The van der Waals surface area contributed by atoms with Crippen molar-refractivity contribution < 1.29 is 19.5 Å². The predicted octanol–water partition coefficient (Wildman–Crippen LogP) is 4.96. The first-order valence-electron chi connectivity index (χ1n) is 11.5. The van der Waals surface area contributed by atoms with Crippen molar-refractivity contribution in [3.8, 4) is 0 Å². The Morgan fingerprint density at radius 2 is 1.97 bits per heavy atom. The molecule has 1 aromatic carbocycles. The summed E-state index contributed by atoms with van der Waals surface area (Å²) >= 11 is 2.02. The largest absolute Gasteiger partial charge is 0.377 e. The fourth-order valence-electron chi connectivity index (χ4n) is 4.81. The summed E-state index contributed by atoms with van der Waals surface area (Å²) in [6.07, 6.45) is 9.15. The minimum absolute atomic E-state index is 0.290. The van der Waals surface area contributed by atoms with Gasteiger partial charge >= 0.3 is 0 Å². The molecule has 0 radical (unpaired) electrons. The second kappa shape index (κ2) is 12.7. The van der Waals surface area contributed by atoms with Crippen molar-refractivity contribution in [1.29, 1.82) is 0 Å². The standard InChI is InChI=1S/C24H37NO4S/c1-18(8-7-12-24(26)25-27)30-17-21-20(22-13-14-23(21)29-22)11-5-6-15-28-16-19-9-3-2-4-10-19/h2-4,9-10,18,20-23,27H,5-8,11-17H2,1H3,(H,25,26). The average Bonchev–Trinajstić information content (AvgIpc) is 3.37. The number of hydrogen-bond acceptors (Lipinski definition) is 5. The molecule has 3 rings (SSSR count). The number of fused-ring (bicyclic) bond motifs is 2. The van der Waals surface area contributed by atoms with Crippen LogP contribution >= 0.6 is 11.8 Å². The van der Waals surface area contributed by atoms with Gasteiger partial charge in [-0.3, -0.25) is 10.0 Å². The average molecular weight is 436 g/mol. The summed E-state index contributed by atoms with van der Waals surface area (Å²) in [6.45, 7) is 3.78. The lowest BCUT2D eigenvalue weighted by Gasteiger charge is -2.28. The number of benzene rings is 1. The maximum absolute atomic E-state index is 11.1. The summed E-state index contributed by atoms with van der Waals surface area (Å²) in [4.78, 5) is 11.1. The Hall–Kier alpha value is -1.08. The minimum atomic E-state index is -0.290. The molecule has 2 aliphatic rings. The summed E-state index contributed by atoms with van der Waals surface area (Å²) in [7, 11) is 0. The van der Waals surface area contributed by atoms with Gasteiger partial charge in [0, 0.05) is 18.3 Å². The predicted molar refractivity (Wildman–Crippen MR) is 121 cm³/mol. The number of carbonyl (C=O) groups is 1. The first-order valence-corrected chi connectivity index (χ1v) is 12.5. The van der Waals surface area contributed by atoms with Crippen LogP contribution in [0.1, 0.15) is 63.9 Å². The van der Waals surface area contributed by atoms with Crippen LogP contribution in [0.5, 0.6) is 0 Å². The number of nitrogens with one attached hydrogen (secondary N) is 1. The summed E-state index contributed by atoms with van der Waals surface area (Å²) < 4.78 is 12.1. The van der Waals surface area contributed by atoms with E-state index in [0.717, 1.165) is 31.6 Å². The lowest BCUT2D eigenvalue weighted by molar-refractivity contribution is -0.129. The van der Waals surface area contributed by atoms with Crippen molar-refractivity contribution in [2.24, 2.45) is 11.8 Å². The van der Waals surface area contributed by atoms with Gasteiger partial charge in [-0.25, -0.2) is 5.48 Å². The van der Waals surface area contributed by atoms with Gasteiger partial charge in [-0.05, 0) is 61.7 Å². The van der Waals surface area contributed by atoms with Gasteiger partial charge in [0.05, 0.1) is 18.8 Å². The van der Waals surface area contributed by atoms with E-state index >= 15 is 0 Å². The van der Waals surface area contributed by atoms with Crippen LogP contribution in [0.15, 0.2) is 30.3 Å². The third kappa shape index (κ3) is 7.26. The van der Waals surface area contributed by atoms with Crippen LogP contribution in [0.4, 0.5) is 0 Å². The number of hydroxylamine groups is 1. The number of carbonyl (C=O) groups excluding carboxylic acids is 1. The van der Waals surface area contributed by atoms with E-state index in [0.29, 0.717) is 42.3 Å². The molecule has 5 nitrogen and oxygen atoms in total. The molecule has 2 heterocycles. The topological polar surface area (TPSA) is 67.8 Å². The van der Waals surface area contributed by atoms with E-state index in [-0.39, 0.29) is 5.91 Å². The first-order chi connectivity index (χ1) is 14.7.